The molecule has 4 rings (SSSR count). The highest BCUT2D eigenvalue weighted by molar-refractivity contribution is 6.14. The lowest BCUT2D eigenvalue weighted by atomic mass is 9.98. The molecule has 0 bridgehead atoms. The van der Waals surface area contributed by atoms with E-state index in [0.29, 0.717) is 39.6 Å². The number of hydrogen-bond donors (Lipinski definition) is 1. The highest BCUT2D eigenvalue weighted by Crippen LogP contribution is 2.31. The number of rotatable bonds is 5. The van der Waals surface area contributed by atoms with Crippen LogP contribution < -0.4 is 19.5 Å². The smallest absolute Gasteiger partial charge is 0.255 e. The summed E-state index contributed by atoms with van der Waals surface area (Å²) < 4.78 is 16.1. The minimum Gasteiger partial charge on any atom is -0.497 e. The number of anilines is 1. The summed E-state index contributed by atoms with van der Waals surface area (Å²) >= 11 is 0. The van der Waals surface area contributed by atoms with Gasteiger partial charge in [-0.2, -0.15) is 0 Å². The maximum absolute atomic E-state index is 12.9. The van der Waals surface area contributed by atoms with Gasteiger partial charge in [0.1, 0.15) is 23.9 Å². The Morgan fingerprint density at radius 2 is 1.71 bits per heavy atom. The van der Waals surface area contributed by atoms with E-state index in [9.17, 15) is 9.59 Å². The average Bonchev–Trinajstić information content (AvgIpc) is 2.81. The van der Waals surface area contributed by atoms with E-state index in [1.165, 1.54) is 0 Å². The highest BCUT2D eigenvalue weighted by Gasteiger charge is 2.24. The van der Waals surface area contributed by atoms with Crippen molar-refractivity contribution in [3.8, 4) is 17.2 Å². The van der Waals surface area contributed by atoms with Crippen LogP contribution in [0.1, 0.15) is 26.3 Å². The maximum Gasteiger partial charge on any atom is 0.255 e. The number of hydrogen-bond acceptors (Lipinski definition) is 5. The van der Waals surface area contributed by atoms with Gasteiger partial charge in [0.05, 0.1) is 19.8 Å². The van der Waals surface area contributed by atoms with Crippen LogP contribution in [0.15, 0.2) is 72.3 Å². The first-order valence-corrected chi connectivity index (χ1v) is 9.69. The second kappa shape index (κ2) is 8.75. The van der Waals surface area contributed by atoms with Crippen molar-refractivity contribution in [1.82, 2.24) is 0 Å². The number of benzene rings is 3. The standard InChI is InChI=1S/C25H21NO5/c1-29-20-8-6-17(7-9-20)25(28)26-19-5-3-4-16(13-19)12-18-15-31-23-11-10-21(30-2)14-22(23)24(18)27/h3-14H,15H2,1-2H3,(H,26,28)/b18-12+. The van der Waals surface area contributed by atoms with Gasteiger partial charge >= 0.3 is 0 Å². The summed E-state index contributed by atoms with van der Waals surface area (Å²) in [6, 6.07) is 19.3. The summed E-state index contributed by atoms with van der Waals surface area (Å²) in [5.74, 6) is 1.49. The molecule has 0 aliphatic carbocycles. The molecule has 6 nitrogen and oxygen atoms in total. The fraction of sp³-hybridized carbons (Fsp3) is 0.120. The molecule has 0 saturated carbocycles. The van der Waals surface area contributed by atoms with Crippen LogP contribution in [0.4, 0.5) is 5.69 Å². The third-order valence-electron chi connectivity index (χ3n) is 4.94. The van der Waals surface area contributed by atoms with Crippen LogP contribution >= 0.6 is 0 Å². The highest BCUT2D eigenvalue weighted by atomic mass is 16.5. The van der Waals surface area contributed by atoms with Gasteiger partial charge in [0.2, 0.25) is 0 Å². The molecule has 156 valence electrons. The third-order valence-corrected chi connectivity index (χ3v) is 4.94. The van der Waals surface area contributed by atoms with Crippen molar-refractivity contribution in [3.63, 3.8) is 0 Å². The van der Waals surface area contributed by atoms with Gasteiger partial charge in [-0.15, -0.1) is 0 Å². The molecule has 1 N–H and O–H groups in total. The first-order chi connectivity index (χ1) is 15.1. The molecular formula is C25H21NO5. The molecular weight excluding hydrogens is 394 g/mol. The first-order valence-electron chi connectivity index (χ1n) is 9.69. The quantitative estimate of drug-likeness (QED) is 0.616. The lowest BCUT2D eigenvalue weighted by Gasteiger charge is -2.19. The van der Waals surface area contributed by atoms with Gasteiger partial charge in [-0.25, -0.2) is 0 Å². The average molecular weight is 415 g/mol. The number of nitrogens with one attached hydrogen (secondary N) is 1. The lowest BCUT2D eigenvalue weighted by molar-refractivity contribution is 0.0997. The van der Waals surface area contributed by atoms with Crippen molar-refractivity contribution < 1.29 is 23.8 Å². The fourth-order valence-electron chi connectivity index (χ4n) is 3.29. The Balaban J connectivity index is 1.53. The van der Waals surface area contributed by atoms with Gasteiger partial charge in [-0.1, -0.05) is 12.1 Å². The van der Waals surface area contributed by atoms with Crippen molar-refractivity contribution in [1.29, 1.82) is 0 Å². The van der Waals surface area contributed by atoms with Gasteiger partial charge in [0.15, 0.2) is 5.78 Å². The molecule has 0 fully saturated rings. The van der Waals surface area contributed by atoms with Crippen LogP contribution in [0.25, 0.3) is 6.08 Å². The predicted octanol–water partition coefficient (Wildman–Crippen LogP) is 4.61. The zero-order chi connectivity index (χ0) is 21.8. The minimum atomic E-state index is -0.231. The summed E-state index contributed by atoms with van der Waals surface area (Å²) in [4.78, 5) is 25.4. The van der Waals surface area contributed by atoms with Crippen molar-refractivity contribution in [2.45, 2.75) is 0 Å². The second-order valence-electron chi connectivity index (χ2n) is 6.96. The summed E-state index contributed by atoms with van der Waals surface area (Å²) in [5, 5.41) is 2.87. The molecule has 1 aliphatic rings. The number of ether oxygens (including phenoxy) is 3. The summed E-state index contributed by atoms with van der Waals surface area (Å²) in [5.41, 5.74) is 2.93. The summed E-state index contributed by atoms with van der Waals surface area (Å²) in [7, 11) is 3.13. The summed E-state index contributed by atoms with van der Waals surface area (Å²) in [6.07, 6.45) is 1.77. The zero-order valence-electron chi connectivity index (χ0n) is 17.2. The Kier molecular flexibility index (Phi) is 5.71. The monoisotopic (exact) mass is 415 g/mol. The Bertz CT molecular complexity index is 1160. The Hall–Kier alpha value is -4.06. The third kappa shape index (κ3) is 4.43. The molecule has 1 aliphatic heterocycles. The molecule has 6 heteroatoms. The topological polar surface area (TPSA) is 73.9 Å². The maximum atomic E-state index is 12.9. The van der Waals surface area contributed by atoms with E-state index in [1.54, 1.807) is 68.8 Å². The Labute approximate surface area is 180 Å². The Morgan fingerprint density at radius 1 is 0.968 bits per heavy atom. The molecule has 0 saturated heterocycles. The number of amides is 1. The van der Waals surface area contributed by atoms with E-state index in [0.717, 1.165) is 5.56 Å². The normalized spacial score (nSPS) is 13.9. The van der Waals surface area contributed by atoms with Crippen molar-refractivity contribution in [2.75, 3.05) is 26.1 Å². The second-order valence-corrected chi connectivity index (χ2v) is 6.96. The Morgan fingerprint density at radius 3 is 2.45 bits per heavy atom. The van der Waals surface area contributed by atoms with Crippen molar-refractivity contribution in [2.24, 2.45) is 0 Å². The van der Waals surface area contributed by atoms with E-state index >= 15 is 0 Å². The van der Waals surface area contributed by atoms with Crippen LogP contribution in [0.3, 0.4) is 0 Å². The number of Topliss-reactive ketones (excluding diaryl/α,β-unsaturated/α-hetero) is 1. The number of methoxy groups -OCH3 is 2. The number of carbonyl (C=O) groups excluding carboxylic acids is 2. The molecule has 1 heterocycles. The zero-order valence-corrected chi connectivity index (χ0v) is 17.2. The molecule has 0 unspecified atom stereocenters. The molecule has 0 aromatic heterocycles. The van der Waals surface area contributed by atoms with E-state index in [1.807, 2.05) is 18.2 Å². The number of ketones is 1. The minimum absolute atomic E-state index is 0.104. The molecule has 1 amide bonds. The van der Waals surface area contributed by atoms with Crippen molar-refractivity contribution >= 4 is 23.5 Å². The van der Waals surface area contributed by atoms with Gasteiger partial charge in [-0.05, 0) is 66.2 Å². The van der Waals surface area contributed by atoms with Gasteiger partial charge < -0.3 is 19.5 Å². The van der Waals surface area contributed by atoms with Crippen LogP contribution in [-0.2, 0) is 0 Å². The van der Waals surface area contributed by atoms with Crippen LogP contribution in [0.2, 0.25) is 0 Å². The van der Waals surface area contributed by atoms with Crippen LogP contribution in [0.5, 0.6) is 17.2 Å². The molecule has 31 heavy (non-hydrogen) atoms. The predicted molar refractivity (Wildman–Crippen MR) is 118 cm³/mol. The van der Waals surface area contributed by atoms with Gasteiger partial charge in [0, 0.05) is 16.8 Å². The molecule has 0 atom stereocenters. The number of fused-ring (bicyclic) bond motifs is 1. The number of carbonyl (C=O) groups is 2. The van der Waals surface area contributed by atoms with Crippen molar-refractivity contribution in [3.05, 3.63) is 89.0 Å². The molecule has 3 aromatic carbocycles. The molecule has 0 radical (unpaired) electrons. The van der Waals surface area contributed by atoms with Gasteiger partial charge in [0.25, 0.3) is 5.91 Å². The van der Waals surface area contributed by atoms with Crippen LogP contribution in [0, 0.1) is 0 Å². The van der Waals surface area contributed by atoms with E-state index in [4.69, 9.17) is 14.2 Å². The van der Waals surface area contributed by atoms with E-state index in [2.05, 4.69) is 5.32 Å². The molecule has 3 aromatic rings. The fourth-order valence-corrected chi connectivity index (χ4v) is 3.29. The van der Waals surface area contributed by atoms with Crippen LogP contribution in [-0.4, -0.2) is 32.5 Å². The lowest BCUT2D eigenvalue weighted by Crippen LogP contribution is -2.19. The van der Waals surface area contributed by atoms with Gasteiger partial charge in [-0.3, -0.25) is 9.59 Å². The largest absolute Gasteiger partial charge is 0.497 e. The van der Waals surface area contributed by atoms with E-state index in [-0.39, 0.29) is 18.3 Å². The molecule has 0 spiro atoms. The summed E-state index contributed by atoms with van der Waals surface area (Å²) in [6.45, 7) is 0.181. The van der Waals surface area contributed by atoms with E-state index < -0.39 is 0 Å². The first kappa shape index (κ1) is 20.2. The SMILES string of the molecule is COc1ccc(C(=O)Nc2cccc(/C=C3\COc4ccc(OC)cc4C3=O)c2)cc1.